The van der Waals surface area contributed by atoms with E-state index in [0.717, 1.165) is 16.9 Å². The van der Waals surface area contributed by atoms with Crippen LogP contribution in [0.5, 0.6) is 5.75 Å². The van der Waals surface area contributed by atoms with E-state index in [9.17, 15) is 15.3 Å². The van der Waals surface area contributed by atoms with E-state index in [0.29, 0.717) is 11.0 Å². The van der Waals surface area contributed by atoms with Crippen LogP contribution >= 0.6 is 0 Å². The molecule has 142 valence electrons. The Morgan fingerprint density at radius 1 is 1.19 bits per heavy atom. The van der Waals surface area contributed by atoms with Gasteiger partial charge in [-0.3, -0.25) is 0 Å². The molecule has 4 rings (SSSR count). The number of aromatic nitrogens is 3. The summed E-state index contributed by atoms with van der Waals surface area (Å²) in [5.74, 6) is 1.01. The molecule has 0 saturated carbocycles. The molecule has 0 spiro atoms. The van der Waals surface area contributed by atoms with Gasteiger partial charge in [-0.05, 0) is 17.7 Å². The average molecular weight is 372 g/mol. The number of hydrogen-bond donors (Lipinski definition) is 4. The minimum Gasteiger partial charge on any atom is -0.497 e. The molecule has 1 saturated heterocycles. The Bertz CT molecular complexity index is 958. The van der Waals surface area contributed by atoms with Crippen molar-refractivity contribution < 1.29 is 24.8 Å². The van der Waals surface area contributed by atoms with E-state index in [4.69, 9.17) is 15.2 Å². The maximum atomic E-state index is 10.4. The highest BCUT2D eigenvalue weighted by atomic mass is 16.6. The Morgan fingerprint density at radius 3 is 2.56 bits per heavy atom. The van der Waals surface area contributed by atoms with Gasteiger partial charge in [0.1, 0.15) is 41.9 Å². The fourth-order valence-corrected chi connectivity index (χ4v) is 3.40. The maximum absolute atomic E-state index is 10.4. The second-order valence-corrected chi connectivity index (χ2v) is 6.36. The smallest absolute Gasteiger partial charge is 0.164 e. The Labute approximate surface area is 154 Å². The van der Waals surface area contributed by atoms with Crippen LogP contribution in [0.15, 0.2) is 36.8 Å². The van der Waals surface area contributed by atoms with Crippen molar-refractivity contribution in [3.05, 3.63) is 36.8 Å². The fourth-order valence-electron chi connectivity index (χ4n) is 3.40. The van der Waals surface area contributed by atoms with Crippen LogP contribution in [0, 0.1) is 0 Å². The van der Waals surface area contributed by atoms with E-state index in [1.165, 1.54) is 6.33 Å². The Balaban J connectivity index is 1.87. The minimum absolute atomic E-state index is 0.288. The van der Waals surface area contributed by atoms with E-state index in [1.54, 1.807) is 17.9 Å². The summed E-state index contributed by atoms with van der Waals surface area (Å²) >= 11 is 0. The summed E-state index contributed by atoms with van der Waals surface area (Å²) < 4.78 is 12.4. The van der Waals surface area contributed by atoms with Gasteiger partial charge in [0.25, 0.3) is 0 Å². The van der Waals surface area contributed by atoms with Gasteiger partial charge in [-0.25, -0.2) is 9.97 Å². The van der Waals surface area contributed by atoms with E-state index >= 15 is 0 Å². The normalized spacial score (nSPS) is 25.2. The van der Waals surface area contributed by atoms with Crippen molar-refractivity contribution in [3.63, 3.8) is 0 Å². The second kappa shape index (κ2) is 6.78. The van der Waals surface area contributed by atoms with Crippen LogP contribution in [0.1, 0.15) is 6.23 Å². The zero-order valence-corrected chi connectivity index (χ0v) is 14.6. The SMILES string of the molecule is COc1ccc(-c2cn(C3O[C@H](CO)[C@H](O)C3O)c3ncnc(N)c23)cc1. The van der Waals surface area contributed by atoms with Gasteiger partial charge in [-0.1, -0.05) is 12.1 Å². The van der Waals surface area contributed by atoms with Crippen molar-refractivity contribution in [1.82, 2.24) is 14.5 Å². The zero-order valence-electron chi connectivity index (χ0n) is 14.6. The Morgan fingerprint density at radius 2 is 1.93 bits per heavy atom. The quantitative estimate of drug-likeness (QED) is 0.513. The van der Waals surface area contributed by atoms with Gasteiger partial charge in [0, 0.05) is 11.8 Å². The summed E-state index contributed by atoms with van der Waals surface area (Å²) in [5.41, 5.74) is 8.16. The molecule has 1 aromatic carbocycles. The highest BCUT2D eigenvalue weighted by Gasteiger charge is 2.44. The number of fused-ring (bicyclic) bond motifs is 1. The number of methoxy groups -OCH3 is 1. The van der Waals surface area contributed by atoms with Crippen molar-refractivity contribution in [2.24, 2.45) is 0 Å². The first kappa shape index (κ1) is 17.7. The van der Waals surface area contributed by atoms with E-state index in [-0.39, 0.29) is 5.82 Å². The number of nitrogens with zero attached hydrogens (tertiary/aromatic N) is 3. The summed E-state index contributed by atoms with van der Waals surface area (Å²) in [6.45, 7) is -0.406. The standard InChI is InChI=1S/C18H20N4O5/c1-26-10-4-2-9(3-5-10)11-6-22(17-13(11)16(19)20-8-21-17)18-15(25)14(24)12(7-23)27-18/h2-6,8,12,14-15,18,23-25H,7H2,1H3,(H2,19,20,21)/t12-,14+,15?,18?/m1/s1. The van der Waals surface area contributed by atoms with Gasteiger partial charge in [0.2, 0.25) is 0 Å². The summed E-state index contributed by atoms with van der Waals surface area (Å²) in [6, 6.07) is 7.40. The van der Waals surface area contributed by atoms with Crippen molar-refractivity contribution in [1.29, 1.82) is 0 Å². The Hall–Kier alpha value is -2.72. The minimum atomic E-state index is -1.22. The third-order valence-electron chi connectivity index (χ3n) is 4.83. The number of aliphatic hydroxyl groups is 3. The molecule has 4 atom stereocenters. The molecule has 0 aliphatic carbocycles. The summed E-state index contributed by atoms with van der Waals surface area (Å²) in [5, 5.41) is 30.4. The van der Waals surface area contributed by atoms with Crippen LogP contribution in [0.25, 0.3) is 22.2 Å². The second-order valence-electron chi connectivity index (χ2n) is 6.36. The van der Waals surface area contributed by atoms with Crippen molar-refractivity contribution in [3.8, 4) is 16.9 Å². The van der Waals surface area contributed by atoms with Crippen LogP contribution < -0.4 is 10.5 Å². The molecule has 1 fully saturated rings. The Kier molecular flexibility index (Phi) is 4.44. The monoisotopic (exact) mass is 372 g/mol. The molecule has 5 N–H and O–H groups in total. The molecule has 1 aliphatic rings. The first-order valence-corrected chi connectivity index (χ1v) is 8.43. The zero-order chi connectivity index (χ0) is 19.1. The van der Waals surface area contributed by atoms with Crippen LogP contribution in [-0.2, 0) is 4.74 Å². The molecule has 9 heteroatoms. The number of rotatable bonds is 4. The molecule has 3 heterocycles. The number of anilines is 1. The van der Waals surface area contributed by atoms with E-state index < -0.39 is 31.1 Å². The van der Waals surface area contributed by atoms with Gasteiger partial charge < -0.3 is 35.1 Å². The lowest BCUT2D eigenvalue weighted by Crippen LogP contribution is -2.33. The first-order valence-electron chi connectivity index (χ1n) is 8.43. The molecular formula is C18H20N4O5. The van der Waals surface area contributed by atoms with E-state index in [2.05, 4.69) is 9.97 Å². The maximum Gasteiger partial charge on any atom is 0.164 e. The van der Waals surface area contributed by atoms with Crippen molar-refractivity contribution in [2.75, 3.05) is 19.5 Å². The third-order valence-corrected chi connectivity index (χ3v) is 4.83. The van der Waals surface area contributed by atoms with Gasteiger partial charge in [0.05, 0.1) is 19.1 Å². The van der Waals surface area contributed by atoms with Gasteiger partial charge >= 0.3 is 0 Å². The molecular weight excluding hydrogens is 352 g/mol. The molecule has 27 heavy (non-hydrogen) atoms. The van der Waals surface area contributed by atoms with Crippen LogP contribution in [0.4, 0.5) is 5.82 Å². The number of nitrogens with two attached hydrogens (primary N) is 1. The van der Waals surface area contributed by atoms with Gasteiger partial charge in [-0.15, -0.1) is 0 Å². The third kappa shape index (κ3) is 2.81. The fraction of sp³-hybridized carbons (Fsp3) is 0.333. The number of nitrogen functional groups attached to an aromatic ring is 1. The average Bonchev–Trinajstić information content (AvgIpc) is 3.21. The van der Waals surface area contributed by atoms with Gasteiger partial charge in [0.15, 0.2) is 6.23 Å². The van der Waals surface area contributed by atoms with Crippen LogP contribution in [0.2, 0.25) is 0 Å². The molecule has 2 aromatic heterocycles. The molecule has 2 unspecified atom stereocenters. The highest BCUT2D eigenvalue weighted by Crippen LogP contribution is 2.38. The molecule has 0 amide bonds. The summed E-state index contributed by atoms with van der Waals surface area (Å²) in [6.07, 6.45) is -1.16. The predicted molar refractivity (Wildman–Crippen MR) is 96.9 cm³/mol. The number of benzene rings is 1. The summed E-state index contributed by atoms with van der Waals surface area (Å²) in [4.78, 5) is 8.36. The number of ether oxygens (including phenoxy) is 2. The van der Waals surface area contributed by atoms with E-state index in [1.807, 2.05) is 24.3 Å². The molecule has 3 aromatic rings. The lowest BCUT2D eigenvalue weighted by Gasteiger charge is -2.17. The largest absolute Gasteiger partial charge is 0.497 e. The molecule has 0 radical (unpaired) electrons. The lowest BCUT2D eigenvalue weighted by molar-refractivity contribution is -0.0508. The topological polar surface area (TPSA) is 136 Å². The lowest BCUT2D eigenvalue weighted by atomic mass is 10.1. The predicted octanol–water partition coefficient (Wildman–Crippen LogP) is 0.301. The molecule has 1 aliphatic heterocycles. The van der Waals surface area contributed by atoms with Crippen molar-refractivity contribution in [2.45, 2.75) is 24.5 Å². The highest BCUT2D eigenvalue weighted by molar-refractivity contribution is 6.00. The molecule has 0 bridgehead atoms. The van der Waals surface area contributed by atoms with Crippen LogP contribution in [0.3, 0.4) is 0 Å². The number of hydrogen-bond acceptors (Lipinski definition) is 8. The first-order chi connectivity index (χ1) is 13.0. The van der Waals surface area contributed by atoms with Gasteiger partial charge in [-0.2, -0.15) is 0 Å². The number of aliphatic hydroxyl groups excluding tert-OH is 3. The van der Waals surface area contributed by atoms with Crippen LogP contribution in [-0.4, -0.2) is 61.9 Å². The molecule has 9 nitrogen and oxygen atoms in total. The summed E-state index contributed by atoms with van der Waals surface area (Å²) in [7, 11) is 1.59. The van der Waals surface area contributed by atoms with Crippen molar-refractivity contribution >= 4 is 16.9 Å².